The Hall–Kier alpha value is -2.76. The largest absolute Gasteiger partial charge is 0.344 e. The number of hydrogen-bond donors (Lipinski definition) is 1. The van der Waals surface area contributed by atoms with Gasteiger partial charge in [-0.3, -0.25) is 14.2 Å². The van der Waals surface area contributed by atoms with Crippen molar-refractivity contribution in [2.24, 2.45) is 0 Å². The summed E-state index contributed by atoms with van der Waals surface area (Å²) in [4.78, 5) is 24.4. The smallest absolute Gasteiger partial charge is 0.272 e. The van der Waals surface area contributed by atoms with Gasteiger partial charge in [0, 0.05) is 31.0 Å². The number of imidazole rings is 1. The lowest BCUT2D eigenvalue weighted by Crippen LogP contribution is -2.26. The normalized spacial score (nSPS) is 12.2. The van der Waals surface area contributed by atoms with Gasteiger partial charge in [-0.2, -0.15) is 0 Å². The van der Waals surface area contributed by atoms with Crippen LogP contribution in [0.5, 0.6) is 0 Å². The molecular weight excluding hydrogens is 254 g/mol. The van der Waals surface area contributed by atoms with Crippen LogP contribution in [0.2, 0.25) is 0 Å². The summed E-state index contributed by atoms with van der Waals surface area (Å²) in [5, 5.41) is 2.90. The lowest BCUT2D eigenvalue weighted by molar-refractivity contribution is 0.0935. The molecule has 20 heavy (non-hydrogen) atoms. The van der Waals surface area contributed by atoms with Crippen LogP contribution in [0.3, 0.4) is 0 Å². The molecule has 3 rings (SSSR count). The third kappa shape index (κ3) is 2.35. The van der Waals surface area contributed by atoms with E-state index in [-0.39, 0.29) is 11.9 Å². The summed E-state index contributed by atoms with van der Waals surface area (Å²) >= 11 is 0. The summed E-state index contributed by atoms with van der Waals surface area (Å²) in [7, 11) is 0. The molecule has 1 atom stereocenters. The molecule has 100 valence electrons. The number of rotatable bonds is 3. The highest BCUT2D eigenvalue weighted by atomic mass is 16.2. The minimum absolute atomic E-state index is 0.108. The van der Waals surface area contributed by atoms with Crippen molar-refractivity contribution >= 4 is 11.7 Å². The van der Waals surface area contributed by atoms with Gasteiger partial charge in [-0.15, -0.1) is 0 Å². The van der Waals surface area contributed by atoms with Gasteiger partial charge >= 0.3 is 0 Å². The summed E-state index contributed by atoms with van der Waals surface area (Å²) in [5.41, 5.74) is 1.35. The molecule has 0 fully saturated rings. The fourth-order valence-electron chi connectivity index (χ4n) is 1.95. The Balaban J connectivity index is 1.79. The number of hydrogen-bond acceptors (Lipinski definition) is 4. The van der Waals surface area contributed by atoms with Gasteiger partial charge in [0.25, 0.3) is 5.91 Å². The second-order valence-electron chi connectivity index (χ2n) is 4.43. The van der Waals surface area contributed by atoms with Crippen LogP contribution < -0.4 is 5.32 Å². The van der Waals surface area contributed by atoms with Crippen molar-refractivity contribution in [2.75, 3.05) is 0 Å². The molecule has 0 aliphatic carbocycles. The lowest BCUT2D eigenvalue weighted by Gasteiger charge is -2.12. The van der Waals surface area contributed by atoms with Crippen molar-refractivity contribution in [1.29, 1.82) is 0 Å². The maximum atomic E-state index is 12.2. The van der Waals surface area contributed by atoms with Crippen LogP contribution in [-0.4, -0.2) is 25.3 Å². The molecule has 6 heteroatoms. The van der Waals surface area contributed by atoms with Gasteiger partial charge in [-0.1, -0.05) is 0 Å². The molecule has 0 aliphatic heterocycles. The summed E-state index contributed by atoms with van der Waals surface area (Å²) in [6.07, 6.45) is 8.51. The Kier molecular flexibility index (Phi) is 3.12. The average Bonchev–Trinajstić information content (AvgIpc) is 2.92. The molecule has 1 amide bonds. The van der Waals surface area contributed by atoms with E-state index in [1.807, 2.05) is 19.1 Å². The number of pyridine rings is 1. The number of aromatic nitrogens is 4. The molecule has 0 saturated heterocycles. The van der Waals surface area contributed by atoms with Crippen LogP contribution in [0.4, 0.5) is 0 Å². The third-order valence-corrected chi connectivity index (χ3v) is 3.02. The van der Waals surface area contributed by atoms with Crippen molar-refractivity contribution in [3.8, 4) is 0 Å². The van der Waals surface area contributed by atoms with Crippen molar-refractivity contribution in [2.45, 2.75) is 13.0 Å². The van der Waals surface area contributed by atoms with E-state index < -0.39 is 0 Å². The zero-order valence-corrected chi connectivity index (χ0v) is 10.9. The molecular formula is C14H13N5O. The summed E-state index contributed by atoms with van der Waals surface area (Å²) in [5.74, 6) is 0.286. The number of nitrogens with one attached hydrogen (secondary N) is 1. The molecule has 0 aromatic carbocycles. The Labute approximate surface area is 115 Å². The molecule has 0 bridgehead atoms. The van der Waals surface area contributed by atoms with Gasteiger partial charge < -0.3 is 5.32 Å². The van der Waals surface area contributed by atoms with E-state index in [1.54, 1.807) is 41.5 Å². The van der Waals surface area contributed by atoms with Crippen molar-refractivity contribution in [3.05, 3.63) is 60.4 Å². The number of fused-ring (bicyclic) bond motifs is 1. The Bertz CT molecular complexity index is 704. The number of amides is 1. The summed E-state index contributed by atoms with van der Waals surface area (Å²) in [6, 6.07) is 5.42. The minimum Gasteiger partial charge on any atom is -0.344 e. The third-order valence-electron chi connectivity index (χ3n) is 3.02. The van der Waals surface area contributed by atoms with Crippen LogP contribution in [0.15, 0.2) is 49.2 Å². The maximum Gasteiger partial charge on any atom is 0.272 e. The summed E-state index contributed by atoms with van der Waals surface area (Å²) < 4.78 is 1.71. The topological polar surface area (TPSA) is 72.2 Å². The first-order chi connectivity index (χ1) is 9.74. The molecule has 0 spiro atoms. The van der Waals surface area contributed by atoms with Crippen LogP contribution in [0, 0.1) is 0 Å². The molecule has 3 aromatic rings. The lowest BCUT2D eigenvalue weighted by atomic mass is 10.1. The van der Waals surface area contributed by atoms with Gasteiger partial charge in [-0.25, -0.2) is 9.97 Å². The zero-order valence-electron chi connectivity index (χ0n) is 10.9. The minimum atomic E-state index is -0.222. The first-order valence-electron chi connectivity index (χ1n) is 6.24. The van der Waals surface area contributed by atoms with Crippen molar-refractivity contribution in [1.82, 2.24) is 24.7 Å². The van der Waals surface area contributed by atoms with Crippen LogP contribution in [0.25, 0.3) is 5.78 Å². The Morgan fingerprint density at radius 3 is 2.85 bits per heavy atom. The molecule has 3 aromatic heterocycles. The van der Waals surface area contributed by atoms with E-state index in [0.717, 1.165) is 5.56 Å². The second-order valence-corrected chi connectivity index (χ2v) is 4.43. The van der Waals surface area contributed by atoms with Crippen molar-refractivity contribution in [3.63, 3.8) is 0 Å². The van der Waals surface area contributed by atoms with Crippen LogP contribution in [-0.2, 0) is 0 Å². The van der Waals surface area contributed by atoms with E-state index in [2.05, 4.69) is 20.3 Å². The van der Waals surface area contributed by atoms with Gasteiger partial charge in [-0.05, 0) is 30.7 Å². The Morgan fingerprint density at radius 1 is 1.30 bits per heavy atom. The van der Waals surface area contributed by atoms with Gasteiger partial charge in [0.1, 0.15) is 5.69 Å². The van der Waals surface area contributed by atoms with Gasteiger partial charge in [0.05, 0.1) is 6.04 Å². The fraction of sp³-hybridized carbons (Fsp3) is 0.143. The monoisotopic (exact) mass is 267 g/mol. The quantitative estimate of drug-likeness (QED) is 0.782. The predicted octanol–water partition coefficient (Wildman–Crippen LogP) is 1.62. The van der Waals surface area contributed by atoms with E-state index in [4.69, 9.17) is 0 Å². The Morgan fingerprint density at radius 2 is 2.10 bits per heavy atom. The van der Waals surface area contributed by atoms with Crippen LogP contribution in [0.1, 0.15) is 29.0 Å². The second kappa shape index (κ2) is 5.08. The van der Waals surface area contributed by atoms with Crippen LogP contribution >= 0.6 is 0 Å². The van der Waals surface area contributed by atoms with E-state index in [1.165, 1.54) is 0 Å². The highest BCUT2D eigenvalue weighted by Crippen LogP contribution is 2.11. The van der Waals surface area contributed by atoms with Gasteiger partial charge in [0.2, 0.25) is 5.78 Å². The van der Waals surface area contributed by atoms with E-state index in [0.29, 0.717) is 11.5 Å². The molecule has 0 radical (unpaired) electrons. The SMILES string of the molecule is CC(NC(=O)c1cn2cccnc2n1)c1ccncc1. The highest BCUT2D eigenvalue weighted by Gasteiger charge is 2.14. The number of carbonyl (C=O) groups is 1. The number of carbonyl (C=O) groups excluding carboxylic acids is 1. The van der Waals surface area contributed by atoms with Gasteiger partial charge in [0.15, 0.2) is 0 Å². The average molecular weight is 267 g/mol. The molecule has 6 nitrogen and oxygen atoms in total. The summed E-state index contributed by atoms with van der Waals surface area (Å²) in [6.45, 7) is 1.92. The maximum absolute atomic E-state index is 12.2. The number of nitrogens with zero attached hydrogens (tertiary/aromatic N) is 4. The molecule has 0 aliphatic rings. The van der Waals surface area contributed by atoms with E-state index >= 15 is 0 Å². The standard InChI is InChI=1S/C14H13N5O/c1-10(11-3-6-15-7-4-11)17-13(20)12-9-19-8-2-5-16-14(19)18-12/h2-10H,1H3,(H,17,20). The van der Waals surface area contributed by atoms with Crippen molar-refractivity contribution < 1.29 is 4.79 Å². The molecule has 1 N–H and O–H groups in total. The predicted molar refractivity (Wildman–Crippen MR) is 73.1 cm³/mol. The molecule has 0 saturated carbocycles. The van der Waals surface area contributed by atoms with E-state index in [9.17, 15) is 4.79 Å². The zero-order chi connectivity index (χ0) is 13.9. The molecule has 3 heterocycles. The molecule has 1 unspecified atom stereocenters. The first kappa shape index (κ1) is 12.3. The highest BCUT2D eigenvalue weighted by molar-refractivity contribution is 5.92. The first-order valence-corrected chi connectivity index (χ1v) is 6.24. The fourth-order valence-corrected chi connectivity index (χ4v) is 1.95.